The largest absolute Gasteiger partial charge is 0.111 e. The molecule has 0 spiro atoms. The van der Waals surface area contributed by atoms with Gasteiger partial charge in [0.15, 0.2) is 0 Å². The highest BCUT2D eigenvalue weighted by molar-refractivity contribution is 5.50. The predicted molar refractivity (Wildman–Crippen MR) is 49.4 cm³/mol. The molecule has 0 aromatic carbocycles. The summed E-state index contributed by atoms with van der Waals surface area (Å²) < 4.78 is 0. The van der Waals surface area contributed by atoms with Gasteiger partial charge in [-0.1, -0.05) is 26.0 Å². The van der Waals surface area contributed by atoms with Crippen LogP contribution in [-0.4, -0.2) is 0 Å². The Hall–Kier alpha value is -0.740. The van der Waals surface area contributed by atoms with E-state index in [4.69, 9.17) is 0 Å². The summed E-state index contributed by atoms with van der Waals surface area (Å²) in [5, 5.41) is 0. The maximum atomic E-state index is 4.02. The van der Waals surface area contributed by atoms with Crippen molar-refractivity contribution in [2.75, 3.05) is 0 Å². The Balaban J connectivity index is 2.79. The number of hydrogen-bond donors (Lipinski definition) is 0. The summed E-state index contributed by atoms with van der Waals surface area (Å²) in [6.07, 6.45) is 1.13. The van der Waals surface area contributed by atoms with Gasteiger partial charge in [0.1, 0.15) is 0 Å². The SMILES string of the molecule is C=C(C)C(C)(CC)C1=C=C1C. The van der Waals surface area contributed by atoms with Crippen molar-refractivity contribution in [3.05, 3.63) is 29.0 Å². The first-order valence-corrected chi connectivity index (χ1v) is 4.16. The van der Waals surface area contributed by atoms with Crippen LogP contribution in [0.3, 0.4) is 0 Å². The van der Waals surface area contributed by atoms with Crippen molar-refractivity contribution in [3.8, 4) is 0 Å². The summed E-state index contributed by atoms with van der Waals surface area (Å²) in [5.41, 5.74) is 7.44. The molecule has 60 valence electrons. The lowest BCUT2D eigenvalue weighted by Crippen LogP contribution is -2.15. The monoisotopic (exact) mass is 148 g/mol. The number of allylic oxidation sites excluding steroid dienone is 2. The van der Waals surface area contributed by atoms with Gasteiger partial charge in [0.25, 0.3) is 0 Å². The van der Waals surface area contributed by atoms with Gasteiger partial charge in [-0.15, -0.1) is 5.73 Å². The van der Waals surface area contributed by atoms with E-state index in [1.807, 2.05) is 0 Å². The van der Waals surface area contributed by atoms with Crippen LogP contribution in [0.5, 0.6) is 0 Å². The third-order valence-electron chi connectivity index (χ3n) is 2.83. The van der Waals surface area contributed by atoms with E-state index >= 15 is 0 Å². The van der Waals surface area contributed by atoms with Crippen LogP contribution in [0.4, 0.5) is 0 Å². The van der Waals surface area contributed by atoms with E-state index < -0.39 is 0 Å². The molecular formula is C11H16. The third-order valence-corrected chi connectivity index (χ3v) is 2.83. The van der Waals surface area contributed by atoms with Gasteiger partial charge in [-0.05, 0) is 20.3 Å². The van der Waals surface area contributed by atoms with Gasteiger partial charge in [0.05, 0.1) is 0 Å². The van der Waals surface area contributed by atoms with Crippen LogP contribution in [0.25, 0.3) is 0 Å². The highest BCUT2D eigenvalue weighted by Gasteiger charge is 2.33. The molecule has 1 aliphatic rings. The van der Waals surface area contributed by atoms with Crippen LogP contribution in [0.2, 0.25) is 0 Å². The quantitative estimate of drug-likeness (QED) is 0.424. The summed E-state index contributed by atoms with van der Waals surface area (Å²) in [4.78, 5) is 0. The van der Waals surface area contributed by atoms with Crippen LogP contribution < -0.4 is 0 Å². The first kappa shape index (κ1) is 8.36. The van der Waals surface area contributed by atoms with E-state index in [2.05, 4.69) is 40.0 Å². The van der Waals surface area contributed by atoms with Gasteiger partial charge in [0.2, 0.25) is 0 Å². The van der Waals surface area contributed by atoms with Crippen molar-refractivity contribution in [2.24, 2.45) is 5.41 Å². The fourth-order valence-corrected chi connectivity index (χ4v) is 1.40. The van der Waals surface area contributed by atoms with Crippen molar-refractivity contribution in [2.45, 2.75) is 34.1 Å². The van der Waals surface area contributed by atoms with Crippen LogP contribution >= 0.6 is 0 Å². The zero-order valence-electron chi connectivity index (χ0n) is 7.91. The van der Waals surface area contributed by atoms with E-state index in [0.29, 0.717) is 0 Å². The van der Waals surface area contributed by atoms with Gasteiger partial charge < -0.3 is 0 Å². The number of rotatable bonds is 3. The normalized spacial score (nSPS) is 20.0. The molecule has 0 amide bonds. The predicted octanol–water partition coefficient (Wildman–Crippen LogP) is 3.46. The maximum Gasteiger partial charge on any atom is 0.0207 e. The minimum atomic E-state index is 0.198. The molecule has 1 atom stereocenters. The molecule has 0 saturated carbocycles. The maximum absolute atomic E-state index is 4.02. The zero-order chi connectivity index (χ0) is 8.65. The second-order valence-electron chi connectivity index (χ2n) is 3.59. The first-order chi connectivity index (χ1) is 5.02. The average molecular weight is 148 g/mol. The Bertz CT molecular complexity index is 262. The topological polar surface area (TPSA) is 0 Å². The first-order valence-electron chi connectivity index (χ1n) is 4.16. The van der Waals surface area contributed by atoms with Crippen molar-refractivity contribution < 1.29 is 0 Å². The molecule has 1 rings (SSSR count). The van der Waals surface area contributed by atoms with E-state index in [9.17, 15) is 0 Å². The van der Waals surface area contributed by atoms with E-state index in [0.717, 1.165) is 6.42 Å². The standard InChI is InChI=1S/C11H16/c1-6-11(5,8(2)3)10-7-9(10)4/h2,6H2,1,3-5H3. The molecule has 1 aliphatic carbocycles. The van der Waals surface area contributed by atoms with Crippen LogP contribution in [0.15, 0.2) is 29.0 Å². The average Bonchev–Trinajstić information content (AvgIpc) is 2.65. The Labute approximate surface area is 69.3 Å². The van der Waals surface area contributed by atoms with E-state index in [1.165, 1.54) is 16.7 Å². The molecule has 0 aliphatic heterocycles. The van der Waals surface area contributed by atoms with Gasteiger partial charge in [0, 0.05) is 16.6 Å². The lowest BCUT2D eigenvalue weighted by molar-refractivity contribution is 0.479. The summed E-state index contributed by atoms with van der Waals surface area (Å²) in [6.45, 7) is 12.7. The highest BCUT2D eigenvalue weighted by atomic mass is 14.4. The number of hydrogen-bond acceptors (Lipinski definition) is 0. The highest BCUT2D eigenvalue weighted by Crippen LogP contribution is 2.45. The molecule has 0 fully saturated rings. The van der Waals surface area contributed by atoms with Gasteiger partial charge in [-0.3, -0.25) is 0 Å². The molecule has 11 heavy (non-hydrogen) atoms. The van der Waals surface area contributed by atoms with E-state index in [-0.39, 0.29) is 5.41 Å². The summed E-state index contributed by atoms with van der Waals surface area (Å²) in [6, 6.07) is 0. The lowest BCUT2D eigenvalue weighted by atomic mass is 9.77. The second-order valence-corrected chi connectivity index (χ2v) is 3.59. The van der Waals surface area contributed by atoms with Gasteiger partial charge in [-0.2, -0.15) is 0 Å². The Morgan fingerprint density at radius 3 is 2.18 bits per heavy atom. The Morgan fingerprint density at radius 2 is 2.09 bits per heavy atom. The summed E-state index contributed by atoms with van der Waals surface area (Å²) in [7, 11) is 0. The molecular weight excluding hydrogens is 132 g/mol. The smallest absolute Gasteiger partial charge is 0.0207 e. The molecule has 0 N–H and O–H groups in total. The van der Waals surface area contributed by atoms with Gasteiger partial charge >= 0.3 is 0 Å². The zero-order valence-corrected chi connectivity index (χ0v) is 7.91. The molecule has 1 unspecified atom stereocenters. The van der Waals surface area contributed by atoms with E-state index in [1.54, 1.807) is 0 Å². The van der Waals surface area contributed by atoms with Crippen LogP contribution in [0, 0.1) is 5.41 Å². The Morgan fingerprint density at radius 1 is 1.64 bits per heavy atom. The Kier molecular flexibility index (Phi) is 1.82. The minimum absolute atomic E-state index is 0.198. The molecule has 0 radical (unpaired) electrons. The van der Waals surface area contributed by atoms with Crippen molar-refractivity contribution in [1.29, 1.82) is 0 Å². The van der Waals surface area contributed by atoms with Crippen molar-refractivity contribution in [1.82, 2.24) is 0 Å². The van der Waals surface area contributed by atoms with Crippen LogP contribution in [0.1, 0.15) is 34.1 Å². The fraction of sp³-hybridized carbons (Fsp3) is 0.545. The van der Waals surface area contributed by atoms with Crippen molar-refractivity contribution in [3.63, 3.8) is 0 Å². The lowest BCUT2D eigenvalue weighted by Gasteiger charge is -2.26. The molecule has 0 nitrogen and oxygen atoms in total. The van der Waals surface area contributed by atoms with Crippen LogP contribution in [-0.2, 0) is 0 Å². The summed E-state index contributed by atoms with van der Waals surface area (Å²) >= 11 is 0. The van der Waals surface area contributed by atoms with Gasteiger partial charge in [-0.25, -0.2) is 0 Å². The third kappa shape index (κ3) is 1.19. The molecule has 0 saturated heterocycles. The summed E-state index contributed by atoms with van der Waals surface area (Å²) in [5.74, 6) is 0. The molecule has 0 heteroatoms. The molecule has 0 heterocycles. The van der Waals surface area contributed by atoms with Crippen molar-refractivity contribution >= 4 is 0 Å². The molecule has 0 bridgehead atoms. The second kappa shape index (κ2) is 2.39. The minimum Gasteiger partial charge on any atom is -0.111 e. The molecule has 0 aromatic heterocycles. The fourth-order valence-electron chi connectivity index (χ4n) is 1.40. The molecule has 0 aromatic rings.